The van der Waals surface area contributed by atoms with E-state index in [0.29, 0.717) is 54.3 Å². The number of carbonyl (C=O) groups excluding carboxylic acids is 1. The summed E-state index contributed by atoms with van der Waals surface area (Å²) in [5.41, 5.74) is 3.41. The first kappa shape index (κ1) is 31.4. The van der Waals surface area contributed by atoms with Crippen LogP contribution in [0, 0.1) is 11.6 Å². The first-order valence-corrected chi connectivity index (χ1v) is 16.8. The number of carbonyl (C=O) groups is 1. The summed E-state index contributed by atoms with van der Waals surface area (Å²) >= 11 is 0. The molecule has 2 saturated heterocycles. The van der Waals surface area contributed by atoms with Crippen LogP contribution in [0.4, 0.5) is 26.0 Å². The molecular formula is C31H39F2N7O4S. The number of piperidine rings is 1. The predicted molar refractivity (Wildman–Crippen MR) is 167 cm³/mol. The third-order valence-corrected chi connectivity index (χ3v) is 10.8. The Morgan fingerprint density at radius 3 is 2.42 bits per heavy atom. The zero-order valence-electron chi connectivity index (χ0n) is 25.5. The van der Waals surface area contributed by atoms with Crippen LogP contribution in [-0.4, -0.2) is 92.8 Å². The number of hydrogen-bond donors (Lipinski definition) is 3. The minimum absolute atomic E-state index is 0.0927. The van der Waals surface area contributed by atoms with Gasteiger partial charge in [-0.25, -0.2) is 17.2 Å². The van der Waals surface area contributed by atoms with Crippen LogP contribution in [0.15, 0.2) is 41.3 Å². The zero-order chi connectivity index (χ0) is 31.7. The predicted octanol–water partition coefficient (Wildman–Crippen LogP) is 3.81. The smallest absolute Gasteiger partial charge is 0.258 e. The van der Waals surface area contributed by atoms with Crippen molar-refractivity contribution in [3.8, 4) is 0 Å². The van der Waals surface area contributed by atoms with Gasteiger partial charge < -0.3 is 25.2 Å². The second kappa shape index (κ2) is 13.0. The van der Waals surface area contributed by atoms with Gasteiger partial charge in [-0.2, -0.15) is 9.40 Å². The van der Waals surface area contributed by atoms with Gasteiger partial charge in [0.2, 0.25) is 10.0 Å². The van der Waals surface area contributed by atoms with Gasteiger partial charge in [0.05, 0.1) is 10.5 Å². The van der Waals surface area contributed by atoms with Crippen molar-refractivity contribution in [1.29, 1.82) is 0 Å². The van der Waals surface area contributed by atoms with E-state index >= 15 is 0 Å². The topological polar surface area (TPSA) is 123 Å². The lowest BCUT2D eigenvalue weighted by Gasteiger charge is -2.37. The molecule has 0 saturated carbocycles. The van der Waals surface area contributed by atoms with Gasteiger partial charge in [0.25, 0.3) is 5.91 Å². The van der Waals surface area contributed by atoms with Crippen LogP contribution >= 0.6 is 0 Å². The summed E-state index contributed by atoms with van der Waals surface area (Å²) in [5, 5.41) is 13.7. The Labute approximate surface area is 262 Å². The van der Waals surface area contributed by atoms with Gasteiger partial charge in [-0.15, -0.1) is 0 Å². The Kier molecular flexibility index (Phi) is 9.09. The molecular weight excluding hydrogens is 604 g/mol. The van der Waals surface area contributed by atoms with Crippen molar-refractivity contribution in [3.05, 3.63) is 64.9 Å². The molecule has 0 bridgehead atoms. The van der Waals surface area contributed by atoms with Crippen LogP contribution in [-0.2, 0) is 27.7 Å². The second-order valence-electron chi connectivity index (χ2n) is 12.1. The number of halogens is 2. The largest absolute Gasteiger partial charge is 0.381 e. The number of aromatic nitrogens is 2. The van der Waals surface area contributed by atoms with E-state index in [2.05, 4.69) is 44.7 Å². The Hall–Kier alpha value is -3.59. The van der Waals surface area contributed by atoms with E-state index < -0.39 is 26.6 Å². The van der Waals surface area contributed by atoms with Crippen molar-refractivity contribution in [1.82, 2.24) is 19.4 Å². The van der Waals surface area contributed by atoms with Crippen LogP contribution in [0.1, 0.15) is 47.3 Å². The zero-order valence-corrected chi connectivity index (χ0v) is 26.3. The van der Waals surface area contributed by atoms with Crippen LogP contribution in [0.25, 0.3) is 0 Å². The number of H-pyrrole nitrogens is 1. The van der Waals surface area contributed by atoms with E-state index in [1.54, 1.807) is 0 Å². The molecule has 4 heterocycles. The number of amides is 1. The second-order valence-corrected chi connectivity index (χ2v) is 14.1. The standard InChI is InChI=1S/C31H39F2N7O4S/c1-38(2)23-5-10-39(11-6-23)24-3-4-26(29(18-24)34-22-8-13-44-14-9-22)31(41)35-30-27-19-40(12-7-28(27)36-37-30)45(42,43)25-16-20(32)15-21(33)17-25/h3-4,15-18,22-23,34H,5-14,19H2,1-2H3,(H2,35,36,37,41). The summed E-state index contributed by atoms with van der Waals surface area (Å²) in [6.45, 7) is 3.13. The molecule has 2 fully saturated rings. The molecule has 0 aliphatic carbocycles. The van der Waals surface area contributed by atoms with E-state index in [4.69, 9.17) is 4.74 Å². The van der Waals surface area contributed by atoms with E-state index in [1.807, 2.05) is 18.2 Å². The molecule has 0 radical (unpaired) electrons. The summed E-state index contributed by atoms with van der Waals surface area (Å²) in [4.78, 5) is 17.9. The number of nitrogens with zero attached hydrogens (tertiary/aromatic N) is 4. The van der Waals surface area contributed by atoms with E-state index in [9.17, 15) is 22.0 Å². The molecule has 2 aromatic carbocycles. The first-order valence-electron chi connectivity index (χ1n) is 15.3. The number of anilines is 3. The maximum atomic E-state index is 13.8. The fourth-order valence-corrected chi connectivity index (χ4v) is 7.78. The monoisotopic (exact) mass is 643 g/mol. The first-order chi connectivity index (χ1) is 21.6. The number of ether oxygens (including phenoxy) is 1. The molecule has 1 aromatic heterocycles. The van der Waals surface area contributed by atoms with Crippen molar-refractivity contribution in [2.75, 3.05) is 62.5 Å². The molecule has 3 aliphatic rings. The molecule has 0 spiro atoms. The highest BCUT2D eigenvalue weighted by Gasteiger charge is 2.33. The van der Waals surface area contributed by atoms with Gasteiger partial charge in [-0.05, 0) is 70.1 Å². The summed E-state index contributed by atoms with van der Waals surface area (Å²) in [6.07, 6.45) is 4.06. The van der Waals surface area contributed by atoms with Crippen molar-refractivity contribution in [3.63, 3.8) is 0 Å². The highest BCUT2D eigenvalue weighted by atomic mass is 32.2. The summed E-state index contributed by atoms with van der Waals surface area (Å²) < 4.78 is 60.9. The lowest BCUT2D eigenvalue weighted by atomic mass is 10.0. The van der Waals surface area contributed by atoms with Gasteiger partial charge in [0.15, 0.2) is 5.82 Å². The summed E-state index contributed by atoms with van der Waals surface area (Å²) in [5.74, 6) is -2.12. The Morgan fingerprint density at radius 1 is 1.02 bits per heavy atom. The van der Waals surface area contributed by atoms with Crippen molar-refractivity contribution in [2.24, 2.45) is 0 Å². The highest BCUT2D eigenvalue weighted by molar-refractivity contribution is 7.89. The van der Waals surface area contributed by atoms with Gasteiger partial charge in [-0.3, -0.25) is 9.89 Å². The van der Waals surface area contributed by atoms with Gasteiger partial charge in [-0.1, -0.05) is 0 Å². The van der Waals surface area contributed by atoms with Crippen LogP contribution in [0.2, 0.25) is 0 Å². The molecule has 3 aromatic rings. The molecule has 0 atom stereocenters. The quantitative estimate of drug-likeness (QED) is 0.339. The average Bonchev–Trinajstić information content (AvgIpc) is 3.43. The Bertz CT molecular complexity index is 1630. The van der Waals surface area contributed by atoms with Crippen molar-refractivity contribution in [2.45, 2.75) is 55.6 Å². The lowest BCUT2D eigenvalue weighted by Crippen LogP contribution is -2.42. The van der Waals surface area contributed by atoms with Crippen LogP contribution in [0.3, 0.4) is 0 Å². The number of aromatic amines is 1. The number of rotatable bonds is 8. The SMILES string of the molecule is CN(C)C1CCN(c2ccc(C(=O)Nc3n[nH]c4c3CN(S(=O)(=O)c3cc(F)cc(F)c3)CC4)c(NC3CCOCC3)c2)CC1. The number of sulfonamides is 1. The molecule has 3 N–H and O–H groups in total. The van der Waals surface area contributed by atoms with Crippen LogP contribution < -0.4 is 15.5 Å². The molecule has 14 heteroatoms. The number of hydrogen-bond acceptors (Lipinski definition) is 8. The molecule has 242 valence electrons. The molecule has 45 heavy (non-hydrogen) atoms. The highest BCUT2D eigenvalue weighted by Crippen LogP contribution is 2.32. The van der Waals surface area contributed by atoms with E-state index in [-0.39, 0.29) is 30.9 Å². The van der Waals surface area contributed by atoms with Crippen molar-refractivity contribution < 1.29 is 26.7 Å². The number of fused-ring (bicyclic) bond motifs is 1. The maximum absolute atomic E-state index is 13.8. The number of nitrogens with one attached hydrogen (secondary N) is 3. The fourth-order valence-electron chi connectivity index (χ4n) is 6.33. The number of benzene rings is 2. The average molecular weight is 644 g/mol. The summed E-state index contributed by atoms with van der Waals surface area (Å²) in [7, 11) is 0.0258. The molecule has 3 aliphatic heterocycles. The van der Waals surface area contributed by atoms with Crippen LogP contribution in [0.5, 0.6) is 0 Å². The van der Waals surface area contributed by atoms with E-state index in [1.165, 1.54) is 0 Å². The van der Waals surface area contributed by atoms with Gasteiger partial charge in [0, 0.05) is 86.6 Å². The molecule has 0 unspecified atom stereocenters. The summed E-state index contributed by atoms with van der Waals surface area (Å²) in [6, 6.07) is 8.75. The molecule has 11 nitrogen and oxygen atoms in total. The lowest BCUT2D eigenvalue weighted by molar-refractivity contribution is 0.0904. The van der Waals surface area contributed by atoms with Gasteiger partial charge in [0.1, 0.15) is 11.6 Å². The minimum atomic E-state index is -4.20. The Balaban J connectivity index is 1.23. The minimum Gasteiger partial charge on any atom is -0.381 e. The van der Waals surface area contributed by atoms with E-state index in [0.717, 1.165) is 60.9 Å². The third-order valence-electron chi connectivity index (χ3n) is 8.99. The third kappa shape index (κ3) is 6.83. The van der Waals surface area contributed by atoms with Gasteiger partial charge >= 0.3 is 0 Å². The normalized spacial score (nSPS) is 18.6. The van der Waals surface area contributed by atoms with Crippen molar-refractivity contribution >= 4 is 33.1 Å². The molecule has 6 rings (SSSR count). The Morgan fingerprint density at radius 2 is 1.73 bits per heavy atom. The maximum Gasteiger partial charge on any atom is 0.258 e. The molecule has 1 amide bonds. The fraction of sp³-hybridized carbons (Fsp3) is 0.484.